The number of nitrogens with zero attached hydrogens (tertiary/aromatic N) is 2. The maximum atomic E-state index is 8.38. The van der Waals surface area contributed by atoms with Gasteiger partial charge in [0.05, 0.1) is 6.21 Å². The molecule has 0 saturated carbocycles. The first kappa shape index (κ1) is 6.59. The number of hydrogen-bond donors (Lipinski definition) is 1. The summed E-state index contributed by atoms with van der Waals surface area (Å²) in [6.07, 6.45) is 2.01. The molecule has 0 saturated heterocycles. The number of rotatable bonds is 0. The van der Waals surface area contributed by atoms with Crippen molar-refractivity contribution in [3.63, 3.8) is 0 Å². The van der Waals surface area contributed by atoms with Crippen LogP contribution in [0.25, 0.3) is 0 Å². The molecule has 0 aromatic carbocycles. The molecule has 40 valence electrons. The summed E-state index contributed by atoms with van der Waals surface area (Å²) in [6, 6.07) is 0. The van der Waals surface area contributed by atoms with Crippen LogP contribution in [0, 0.1) is 0 Å². The molecule has 1 aliphatic rings. The molecule has 0 bridgehead atoms. The molecule has 0 spiro atoms. The standard InChI is InChI=1S/C3H4N2O.ClH/c6-3-1-4-2-5-3;/h1-3,6H;1H. The van der Waals surface area contributed by atoms with E-state index in [9.17, 15) is 0 Å². The second kappa shape index (κ2) is 2.71. The van der Waals surface area contributed by atoms with Gasteiger partial charge in [-0.1, -0.05) is 0 Å². The van der Waals surface area contributed by atoms with Gasteiger partial charge in [-0.15, -0.1) is 12.4 Å². The highest BCUT2D eigenvalue weighted by Crippen LogP contribution is 1.83. The Morgan fingerprint density at radius 3 is 2.43 bits per heavy atom. The summed E-state index contributed by atoms with van der Waals surface area (Å²) < 4.78 is 0. The molecule has 1 N–H and O–H groups in total. The molecule has 7 heavy (non-hydrogen) atoms. The van der Waals surface area contributed by atoms with Crippen molar-refractivity contribution >= 4 is 25.0 Å². The Bertz CT molecular complexity index is 89.1. The lowest BCUT2D eigenvalue weighted by atomic mass is 10.7. The minimum Gasteiger partial charge on any atom is -0.367 e. The van der Waals surface area contributed by atoms with Gasteiger partial charge in [0.25, 0.3) is 0 Å². The van der Waals surface area contributed by atoms with Crippen LogP contribution in [0.3, 0.4) is 0 Å². The van der Waals surface area contributed by atoms with Crippen LogP contribution in [0.5, 0.6) is 0 Å². The minimum atomic E-state index is -0.676. The highest BCUT2D eigenvalue weighted by atomic mass is 35.5. The molecule has 0 fully saturated rings. The first-order valence-corrected chi connectivity index (χ1v) is 1.62. The highest BCUT2D eigenvalue weighted by Gasteiger charge is 1.94. The van der Waals surface area contributed by atoms with Gasteiger partial charge in [0.2, 0.25) is 0 Å². The van der Waals surface area contributed by atoms with E-state index in [1.165, 1.54) is 12.6 Å². The molecule has 0 aromatic heterocycles. The Balaban J connectivity index is 0.000000360. The minimum absolute atomic E-state index is 0. The van der Waals surface area contributed by atoms with E-state index in [0.717, 1.165) is 0 Å². The van der Waals surface area contributed by atoms with E-state index < -0.39 is 6.23 Å². The molecular formula is C3H5ClN2O. The van der Waals surface area contributed by atoms with Crippen LogP contribution in [0.15, 0.2) is 9.98 Å². The normalized spacial score (nSPS) is 25.0. The molecule has 1 heterocycles. The number of halogens is 1. The molecule has 3 nitrogen and oxygen atoms in total. The van der Waals surface area contributed by atoms with Crippen molar-refractivity contribution in [3.8, 4) is 0 Å². The van der Waals surface area contributed by atoms with E-state index in [1.807, 2.05) is 0 Å². The lowest BCUT2D eigenvalue weighted by molar-refractivity contribution is 0.260. The Hall–Kier alpha value is -0.410. The van der Waals surface area contributed by atoms with Crippen LogP contribution in [-0.2, 0) is 0 Å². The van der Waals surface area contributed by atoms with Gasteiger partial charge in [-0.3, -0.25) is 0 Å². The van der Waals surface area contributed by atoms with E-state index in [2.05, 4.69) is 9.98 Å². The average molecular weight is 121 g/mol. The van der Waals surface area contributed by atoms with Crippen LogP contribution in [0.1, 0.15) is 0 Å². The Morgan fingerprint density at radius 1 is 1.57 bits per heavy atom. The fourth-order valence-electron chi connectivity index (χ4n) is 0.261. The van der Waals surface area contributed by atoms with E-state index in [4.69, 9.17) is 5.11 Å². The first-order valence-electron chi connectivity index (χ1n) is 1.62. The second-order valence-electron chi connectivity index (χ2n) is 0.976. The van der Waals surface area contributed by atoms with Gasteiger partial charge in [-0.25, -0.2) is 9.98 Å². The van der Waals surface area contributed by atoms with E-state index in [0.29, 0.717) is 0 Å². The monoisotopic (exact) mass is 120 g/mol. The predicted molar refractivity (Wildman–Crippen MR) is 30.2 cm³/mol. The number of aliphatic imine (C=N–C) groups is 2. The van der Waals surface area contributed by atoms with Gasteiger partial charge in [0, 0.05) is 0 Å². The van der Waals surface area contributed by atoms with Crippen molar-refractivity contribution in [2.75, 3.05) is 0 Å². The summed E-state index contributed by atoms with van der Waals surface area (Å²) in [4.78, 5) is 6.94. The Kier molecular flexibility index (Phi) is 2.55. The van der Waals surface area contributed by atoms with Crippen LogP contribution < -0.4 is 0 Å². The zero-order valence-corrected chi connectivity index (χ0v) is 4.30. The fourth-order valence-corrected chi connectivity index (χ4v) is 0.261. The molecule has 1 atom stereocenters. The molecule has 1 rings (SSSR count). The maximum Gasteiger partial charge on any atom is 0.183 e. The van der Waals surface area contributed by atoms with E-state index in [-0.39, 0.29) is 12.4 Å². The number of aliphatic hydroxyl groups excluding tert-OH is 1. The van der Waals surface area contributed by atoms with Gasteiger partial charge in [-0.05, 0) is 0 Å². The predicted octanol–water partition coefficient (Wildman–Crippen LogP) is -0.161. The summed E-state index contributed by atoms with van der Waals surface area (Å²) in [5, 5.41) is 8.38. The zero-order valence-electron chi connectivity index (χ0n) is 3.48. The van der Waals surface area contributed by atoms with Crippen molar-refractivity contribution in [2.45, 2.75) is 6.23 Å². The Labute approximate surface area is 47.2 Å². The van der Waals surface area contributed by atoms with Crippen LogP contribution in [-0.4, -0.2) is 23.9 Å². The highest BCUT2D eigenvalue weighted by molar-refractivity contribution is 5.85. The van der Waals surface area contributed by atoms with Crippen molar-refractivity contribution in [1.29, 1.82) is 0 Å². The van der Waals surface area contributed by atoms with Crippen molar-refractivity contribution in [3.05, 3.63) is 0 Å². The van der Waals surface area contributed by atoms with Gasteiger partial charge in [0.15, 0.2) is 6.23 Å². The molecule has 1 aliphatic heterocycles. The Morgan fingerprint density at radius 2 is 2.29 bits per heavy atom. The number of hydrogen-bond acceptors (Lipinski definition) is 3. The third-order valence-electron chi connectivity index (χ3n) is 0.505. The summed E-state index contributed by atoms with van der Waals surface area (Å²) >= 11 is 0. The van der Waals surface area contributed by atoms with E-state index in [1.54, 1.807) is 0 Å². The van der Waals surface area contributed by atoms with Crippen LogP contribution >= 0.6 is 12.4 Å². The molecule has 0 radical (unpaired) electrons. The van der Waals surface area contributed by atoms with Gasteiger partial charge >= 0.3 is 0 Å². The molecule has 0 aromatic rings. The fraction of sp³-hybridized carbons (Fsp3) is 0.333. The zero-order chi connectivity index (χ0) is 4.41. The molecular weight excluding hydrogens is 115 g/mol. The molecule has 1 unspecified atom stereocenters. The van der Waals surface area contributed by atoms with Crippen molar-refractivity contribution in [2.24, 2.45) is 9.98 Å². The largest absolute Gasteiger partial charge is 0.367 e. The summed E-state index contributed by atoms with van der Waals surface area (Å²) in [7, 11) is 0. The third kappa shape index (κ3) is 1.66. The lowest BCUT2D eigenvalue weighted by Gasteiger charge is -1.81. The second-order valence-corrected chi connectivity index (χ2v) is 0.976. The summed E-state index contributed by atoms with van der Waals surface area (Å²) in [5.74, 6) is 0. The summed E-state index contributed by atoms with van der Waals surface area (Å²) in [6.45, 7) is 0. The van der Waals surface area contributed by atoms with Gasteiger partial charge < -0.3 is 5.11 Å². The van der Waals surface area contributed by atoms with Crippen LogP contribution in [0.4, 0.5) is 0 Å². The van der Waals surface area contributed by atoms with Crippen molar-refractivity contribution in [1.82, 2.24) is 0 Å². The SMILES string of the molecule is Cl.OC1C=NC=N1. The molecule has 0 aliphatic carbocycles. The average Bonchev–Trinajstić information content (AvgIpc) is 1.86. The van der Waals surface area contributed by atoms with Crippen LogP contribution in [0.2, 0.25) is 0 Å². The molecule has 0 amide bonds. The molecule has 4 heteroatoms. The maximum absolute atomic E-state index is 8.38. The first-order chi connectivity index (χ1) is 2.89. The topological polar surface area (TPSA) is 45.0 Å². The smallest absolute Gasteiger partial charge is 0.183 e. The summed E-state index contributed by atoms with van der Waals surface area (Å²) in [5.41, 5.74) is 0. The van der Waals surface area contributed by atoms with Gasteiger partial charge in [-0.2, -0.15) is 0 Å². The lowest BCUT2D eigenvalue weighted by Crippen LogP contribution is -1.96. The quantitative estimate of drug-likeness (QED) is 0.474. The van der Waals surface area contributed by atoms with Gasteiger partial charge in [0.1, 0.15) is 6.34 Å². The number of aliphatic hydroxyl groups is 1. The third-order valence-corrected chi connectivity index (χ3v) is 0.505. The van der Waals surface area contributed by atoms with Crippen molar-refractivity contribution < 1.29 is 5.11 Å². The van der Waals surface area contributed by atoms with E-state index >= 15 is 0 Å².